The summed E-state index contributed by atoms with van der Waals surface area (Å²) in [5.41, 5.74) is 9.68. The molecule has 6 heterocycles. The summed E-state index contributed by atoms with van der Waals surface area (Å²) in [5.74, 6) is 1.62. The summed E-state index contributed by atoms with van der Waals surface area (Å²) in [6, 6.07) is 34.1. The molecule has 2 aliphatic rings. The summed E-state index contributed by atoms with van der Waals surface area (Å²) < 4.78 is 96.9. The van der Waals surface area contributed by atoms with Gasteiger partial charge in [0.2, 0.25) is 5.88 Å². The van der Waals surface area contributed by atoms with Crippen LogP contribution in [0.2, 0.25) is 0 Å². The third kappa shape index (κ3) is 12.8. The Hall–Kier alpha value is -8.84. The van der Waals surface area contributed by atoms with Gasteiger partial charge >= 0.3 is 6.18 Å². The quantitative estimate of drug-likeness (QED) is 0.101. The number of nitrogens with zero attached hydrogens (tertiary/aromatic N) is 4. The predicted octanol–water partition coefficient (Wildman–Crippen LogP) is 15.1. The third-order valence-electron chi connectivity index (χ3n) is 15.9. The van der Waals surface area contributed by atoms with Gasteiger partial charge in [-0.3, -0.25) is 24.4 Å². The molecule has 0 aliphatic carbocycles. The van der Waals surface area contributed by atoms with Gasteiger partial charge in [-0.05, 0) is 210 Å². The van der Waals surface area contributed by atoms with Gasteiger partial charge in [0.05, 0.1) is 63.5 Å². The predicted molar refractivity (Wildman–Crippen MR) is 342 cm³/mol. The molecule has 12 rings (SSSR count). The van der Waals surface area contributed by atoms with Crippen molar-refractivity contribution in [2.45, 2.75) is 130 Å². The van der Waals surface area contributed by atoms with Crippen LogP contribution in [-0.4, -0.2) is 70.2 Å². The van der Waals surface area contributed by atoms with E-state index in [0.29, 0.717) is 68.8 Å². The fourth-order valence-electron chi connectivity index (χ4n) is 12.1. The van der Waals surface area contributed by atoms with Crippen molar-refractivity contribution in [1.29, 1.82) is 0 Å². The molecule has 6 aromatic carbocycles. The van der Waals surface area contributed by atoms with Crippen molar-refractivity contribution < 1.29 is 54.9 Å². The molecule has 90 heavy (non-hydrogen) atoms. The first-order chi connectivity index (χ1) is 42.5. The molecule has 14 nitrogen and oxygen atoms in total. The summed E-state index contributed by atoms with van der Waals surface area (Å²) in [6.45, 7) is 19.6. The zero-order valence-corrected chi connectivity index (χ0v) is 52.8. The van der Waals surface area contributed by atoms with Gasteiger partial charge in [-0.25, -0.2) is 13.4 Å². The van der Waals surface area contributed by atoms with E-state index in [1.165, 1.54) is 35.4 Å². The first-order valence-corrected chi connectivity index (χ1v) is 31.6. The summed E-state index contributed by atoms with van der Waals surface area (Å²) in [6.07, 6.45) is 0.00241. The van der Waals surface area contributed by atoms with Gasteiger partial charge in [-0.1, -0.05) is 24.3 Å². The normalized spacial score (nSPS) is 14.0. The number of hydrogen-bond acceptors (Lipinski definition) is 13. The van der Waals surface area contributed by atoms with E-state index in [1.807, 2.05) is 122 Å². The van der Waals surface area contributed by atoms with E-state index in [1.54, 1.807) is 49.5 Å². The molecule has 0 saturated heterocycles. The molecule has 2 atom stereocenters. The molecule has 2 aliphatic heterocycles. The minimum absolute atomic E-state index is 0.0805. The molecule has 0 bridgehead atoms. The average molecular weight is 1240 g/mol. The van der Waals surface area contributed by atoms with E-state index in [4.69, 9.17) is 38.6 Å². The maximum absolute atomic E-state index is 13.5. The van der Waals surface area contributed by atoms with Gasteiger partial charge < -0.3 is 28.3 Å². The van der Waals surface area contributed by atoms with Gasteiger partial charge in [-0.15, -0.1) is 0 Å². The van der Waals surface area contributed by atoms with Gasteiger partial charge in [0, 0.05) is 76.3 Å². The molecule has 0 spiro atoms. The lowest BCUT2D eigenvalue weighted by Gasteiger charge is -2.30. The largest absolute Gasteiger partial charge is 0.493 e. The molecule has 10 aromatic rings. The van der Waals surface area contributed by atoms with Crippen molar-refractivity contribution in [1.82, 2.24) is 19.5 Å². The number of aromatic nitrogens is 4. The number of fused-ring (bicyclic) bond motifs is 2. The Kier molecular flexibility index (Phi) is 16.9. The molecule has 0 N–H and O–H groups in total. The highest BCUT2D eigenvalue weighted by atomic mass is 32.2. The number of benzene rings is 6. The molecular formula is C72H69F3N4O10S. The van der Waals surface area contributed by atoms with E-state index in [9.17, 15) is 36.0 Å². The molecule has 0 radical (unpaired) electrons. The monoisotopic (exact) mass is 1240 g/mol. The maximum Gasteiger partial charge on any atom is 0.416 e. The number of carbonyl (C=O) groups excluding carboxylic acids is 2. The topological polar surface area (TPSA) is 175 Å². The van der Waals surface area contributed by atoms with Crippen LogP contribution < -0.4 is 19.8 Å². The highest BCUT2D eigenvalue weighted by Gasteiger charge is 2.35. The number of alkyl halides is 3. The smallest absolute Gasteiger partial charge is 0.416 e. The highest BCUT2D eigenvalue weighted by molar-refractivity contribution is 7.90. The molecule has 0 fully saturated rings. The SMILES string of the molecule is CC(=O)[C@@H](OC(C)(C)C)c1c(C)cc2c(ccc(=O)n2Cc2cccc(C(F)(F)F)c2)c1-c1ccc2c3c(ccnc13)CCO2.CC(=O)[C@@H](OC(C)(C)C)c1c(C)cc2nc(OCc3cccc(S(C)(=O)=O)c3)ccc2c1-c1ccc2c3c(ccnc13)CCO2. The van der Waals surface area contributed by atoms with Crippen molar-refractivity contribution in [2.24, 2.45) is 0 Å². The Balaban J connectivity index is 0.000000185. The van der Waals surface area contributed by atoms with Crippen molar-refractivity contribution in [3.63, 3.8) is 0 Å². The second-order valence-corrected chi connectivity index (χ2v) is 27.0. The van der Waals surface area contributed by atoms with E-state index >= 15 is 0 Å². The molecule has 18 heteroatoms. The maximum atomic E-state index is 13.5. The van der Waals surface area contributed by atoms with Crippen LogP contribution in [0.4, 0.5) is 13.2 Å². The number of pyridine rings is 4. The van der Waals surface area contributed by atoms with Crippen LogP contribution in [-0.2, 0) is 61.1 Å². The van der Waals surface area contributed by atoms with Crippen LogP contribution in [0.5, 0.6) is 17.4 Å². The number of carbonyl (C=O) groups is 2. The zero-order valence-electron chi connectivity index (χ0n) is 52.0. The Morgan fingerprint density at radius 2 is 1.18 bits per heavy atom. The summed E-state index contributed by atoms with van der Waals surface area (Å²) in [7, 11) is -3.34. The second kappa shape index (κ2) is 24.2. The van der Waals surface area contributed by atoms with E-state index < -0.39 is 45.0 Å². The molecule has 0 saturated carbocycles. The number of aryl methyl sites for hydroxylation is 2. The number of sulfone groups is 1. The zero-order chi connectivity index (χ0) is 64.4. The van der Waals surface area contributed by atoms with Crippen LogP contribution >= 0.6 is 0 Å². The lowest BCUT2D eigenvalue weighted by molar-refractivity contribution is -0.139. The molecular weight excluding hydrogens is 1170 g/mol. The summed E-state index contributed by atoms with van der Waals surface area (Å²) in [4.78, 5) is 54.6. The number of halogens is 3. The third-order valence-corrected chi connectivity index (χ3v) is 17.1. The second-order valence-electron chi connectivity index (χ2n) is 25.0. The van der Waals surface area contributed by atoms with Crippen LogP contribution in [0.15, 0.2) is 143 Å². The van der Waals surface area contributed by atoms with Gasteiger partial charge in [0.15, 0.2) is 21.4 Å². The fourth-order valence-corrected chi connectivity index (χ4v) is 12.8. The van der Waals surface area contributed by atoms with E-state index in [-0.39, 0.29) is 35.2 Å². The molecule has 4 aromatic heterocycles. The van der Waals surface area contributed by atoms with Crippen LogP contribution in [0, 0.1) is 13.8 Å². The molecule has 0 amide bonds. The van der Waals surface area contributed by atoms with Crippen LogP contribution in [0.1, 0.15) is 118 Å². The first-order valence-electron chi connectivity index (χ1n) is 29.7. The lowest BCUT2D eigenvalue weighted by Crippen LogP contribution is -2.27. The van der Waals surface area contributed by atoms with Crippen molar-refractivity contribution in [3.8, 4) is 39.6 Å². The lowest BCUT2D eigenvalue weighted by atomic mass is 9.85. The summed E-state index contributed by atoms with van der Waals surface area (Å²) >= 11 is 0. The molecule has 464 valence electrons. The minimum Gasteiger partial charge on any atom is -0.493 e. The van der Waals surface area contributed by atoms with Gasteiger partial charge in [0.25, 0.3) is 5.56 Å². The fraction of sp³-hybridized carbons (Fsp3) is 0.306. The van der Waals surface area contributed by atoms with E-state index in [2.05, 4.69) is 0 Å². The Morgan fingerprint density at radius 3 is 1.72 bits per heavy atom. The summed E-state index contributed by atoms with van der Waals surface area (Å²) in [5, 5.41) is 3.33. The van der Waals surface area contributed by atoms with Crippen LogP contribution in [0.3, 0.4) is 0 Å². The Labute approximate surface area is 519 Å². The minimum atomic E-state index is -4.52. The van der Waals surface area contributed by atoms with Crippen LogP contribution in [0.25, 0.3) is 65.9 Å². The Morgan fingerprint density at radius 1 is 0.644 bits per heavy atom. The van der Waals surface area contributed by atoms with Gasteiger partial charge in [0.1, 0.15) is 30.3 Å². The standard InChI is InChI=1S/C36H33F3N2O4.C36H36N2O6S/c1-20-17-27-25(10-12-29(43)41(27)19-22-7-6-8-24(18-22)36(37,38)39)32(30(20)34(21(2)42)45-35(3,4)5)26-9-11-28-31-23(14-16-44-28)13-15-40-33(26)31;1-21-18-28-26(11-13-30(38-28)43-20-23-8-7-9-25(19-23)45(6,40)41)33(31(21)35(22(2)39)44-36(3,4)5)27-10-12-29-32-24(15-17-42-29)14-16-37-34(27)32/h6-13,15,17-18,34H,14,16,19H2,1-5H3;7-14,16,18-19,35H,15,17,20H2,1-6H3/t34-;35-/m11/s1. The van der Waals surface area contributed by atoms with Gasteiger partial charge in [-0.2, -0.15) is 13.2 Å². The average Bonchev–Trinajstić information content (AvgIpc) is 0.745. The first kappa shape index (κ1) is 62.8. The Bertz CT molecular complexity index is 4700. The van der Waals surface area contributed by atoms with Crippen molar-refractivity contribution in [2.75, 3.05) is 19.5 Å². The number of Topliss-reactive ketones (excluding diaryl/α,β-unsaturated/α-hetero) is 2. The highest BCUT2D eigenvalue weighted by Crippen LogP contribution is 2.48. The number of rotatable bonds is 14. The number of ketones is 2. The number of ether oxygens (including phenoxy) is 5. The number of hydrogen-bond donors (Lipinski definition) is 0. The van der Waals surface area contributed by atoms with Crippen molar-refractivity contribution >= 4 is 65.0 Å². The van der Waals surface area contributed by atoms with E-state index in [0.717, 1.165) is 91.5 Å². The molecule has 0 unspecified atom stereocenters. The van der Waals surface area contributed by atoms with Crippen molar-refractivity contribution in [3.05, 3.63) is 194 Å².